The molecule has 2 aliphatic rings. The Morgan fingerprint density at radius 3 is 2.52 bits per heavy atom. The molecule has 3 heteroatoms. The number of nitrogens with zero attached hydrogens (tertiary/aromatic N) is 1. The Morgan fingerprint density at radius 2 is 1.88 bits per heavy atom. The number of carbonyl (C=O) groups is 1. The average Bonchev–Trinajstić information content (AvgIpc) is 2.82. The van der Waals surface area contributed by atoms with Crippen molar-refractivity contribution >= 4 is 17.2 Å². The van der Waals surface area contributed by atoms with Crippen molar-refractivity contribution in [3.8, 4) is 0 Å². The van der Waals surface area contributed by atoms with Gasteiger partial charge in [0.25, 0.3) is 0 Å². The zero-order valence-electron chi connectivity index (χ0n) is 16.2. The molecule has 0 radical (unpaired) electrons. The Labute approximate surface area is 152 Å². The van der Waals surface area contributed by atoms with Crippen LogP contribution in [0.2, 0.25) is 0 Å². The van der Waals surface area contributed by atoms with Crippen molar-refractivity contribution in [3.05, 3.63) is 28.8 Å². The minimum absolute atomic E-state index is 0.125. The molecule has 3 nitrogen and oxygen atoms in total. The van der Waals surface area contributed by atoms with Crippen LogP contribution in [0, 0.1) is 12.8 Å². The number of ketones is 1. The molecule has 3 rings (SSSR count). The highest BCUT2D eigenvalue weighted by atomic mass is 16.1. The first-order valence-corrected chi connectivity index (χ1v) is 9.83. The van der Waals surface area contributed by atoms with Crippen LogP contribution in [0.5, 0.6) is 0 Å². The average molecular weight is 341 g/mol. The monoisotopic (exact) mass is 340 g/mol. The summed E-state index contributed by atoms with van der Waals surface area (Å²) in [6.45, 7) is 6.49. The summed E-state index contributed by atoms with van der Waals surface area (Å²) in [6.07, 6.45) is 8.54. The minimum Gasteiger partial charge on any atom is -0.388 e. The van der Waals surface area contributed by atoms with Crippen LogP contribution in [0.4, 0.5) is 5.69 Å². The van der Waals surface area contributed by atoms with Gasteiger partial charge in [-0.15, -0.1) is 0 Å². The SMILES string of the molecule is CNc1cc2c(cc1C)CC(C)(C)N=C2CC(=O)C1CCCCCC1. The highest BCUT2D eigenvalue weighted by molar-refractivity contribution is 6.13. The fourth-order valence-corrected chi connectivity index (χ4v) is 4.43. The van der Waals surface area contributed by atoms with Crippen molar-refractivity contribution in [3.63, 3.8) is 0 Å². The lowest BCUT2D eigenvalue weighted by Crippen LogP contribution is -2.31. The molecular weight excluding hydrogens is 308 g/mol. The Balaban J connectivity index is 1.89. The highest BCUT2D eigenvalue weighted by Gasteiger charge is 2.30. The Hall–Kier alpha value is -1.64. The molecule has 1 aliphatic carbocycles. The summed E-state index contributed by atoms with van der Waals surface area (Å²) < 4.78 is 0. The second kappa shape index (κ2) is 7.31. The largest absolute Gasteiger partial charge is 0.388 e. The van der Waals surface area contributed by atoms with Crippen LogP contribution in [0.1, 0.15) is 75.5 Å². The summed E-state index contributed by atoms with van der Waals surface area (Å²) in [5, 5.41) is 3.27. The topological polar surface area (TPSA) is 41.5 Å². The quantitative estimate of drug-likeness (QED) is 0.776. The molecule has 0 unspecified atom stereocenters. The molecule has 1 N–H and O–H groups in total. The van der Waals surface area contributed by atoms with E-state index in [0.717, 1.165) is 30.7 Å². The second-order valence-corrected chi connectivity index (χ2v) is 8.45. The first-order chi connectivity index (χ1) is 11.9. The molecule has 1 saturated carbocycles. The molecule has 0 saturated heterocycles. The predicted molar refractivity (Wildman–Crippen MR) is 106 cm³/mol. The lowest BCUT2D eigenvalue weighted by Gasteiger charge is -2.30. The summed E-state index contributed by atoms with van der Waals surface area (Å²) in [5.41, 5.74) is 5.77. The number of aryl methyl sites for hydroxylation is 1. The first-order valence-electron chi connectivity index (χ1n) is 9.83. The Kier molecular flexibility index (Phi) is 5.31. The summed E-state index contributed by atoms with van der Waals surface area (Å²) >= 11 is 0. The van der Waals surface area contributed by atoms with E-state index in [2.05, 4.69) is 38.2 Å². The molecular formula is C22H32N2O. The van der Waals surface area contributed by atoms with E-state index in [-0.39, 0.29) is 11.5 Å². The summed E-state index contributed by atoms with van der Waals surface area (Å²) in [4.78, 5) is 18.0. The zero-order chi connectivity index (χ0) is 18.0. The van der Waals surface area contributed by atoms with Gasteiger partial charge in [-0.1, -0.05) is 31.7 Å². The number of rotatable bonds is 4. The minimum atomic E-state index is -0.125. The Morgan fingerprint density at radius 1 is 1.20 bits per heavy atom. The molecule has 1 aromatic carbocycles. The molecule has 1 aliphatic heterocycles. The summed E-state index contributed by atoms with van der Waals surface area (Å²) in [6, 6.07) is 4.47. The number of nitrogens with one attached hydrogen (secondary N) is 1. The van der Waals surface area contributed by atoms with Gasteiger partial charge in [-0.05, 0) is 57.2 Å². The number of hydrogen-bond donors (Lipinski definition) is 1. The molecule has 0 spiro atoms. The molecule has 0 aromatic heterocycles. The van der Waals surface area contributed by atoms with Gasteiger partial charge in [-0.2, -0.15) is 0 Å². The summed E-state index contributed by atoms with van der Waals surface area (Å²) in [5.74, 6) is 0.642. The molecule has 136 valence electrons. The lowest BCUT2D eigenvalue weighted by atomic mass is 9.83. The fourth-order valence-electron chi connectivity index (χ4n) is 4.43. The van der Waals surface area contributed by atoms with E-state index in [1.54, 1.807) is 0 Å². The zero-order valence-corrected chi connectivity index (χ0v) is 16.2. The number of carbonyl (C=O) groups excluding carboxylic acids is 1. The van der Waals surface area contributed by atoms with Gasteiger partial charge >= 0.3 is 0 Å². The smallest absolute Gasteiger partial charge is 0.141 e. The van der Waals surface area contributed by atoms with Crippen molar-refractivity contribution in [1.29, 1.82) is 0 Å². The standard InChI is InChI=1S/C22H32N2O/c1-15-11-17-14-22(2,3)24-20(18(17)12-19(15)23-4)13-21(25)16-9-7-5-6-8-10-16/h11-12,16,23H,5-10,13-14H2,1-4H3. The maximum Gasteiger partial charge on any atom is 0.141 e. The number of fused-ring (bicyclic) bond motifs is 1. The van der Waals surface area contributed by atoms with Crippen molar-refractivity contribution < 1.29 is 4.79 Å². The van der Waals surface area contributed by atoms with Crippen LogP contribution in [-0.2, 0) is 11.2 Å². The third-order valence-electron chi connectivity index (χ3n) is 5.74. The molecule has 0 atom stereocenters. The summed E-state index contributed by atoms with van der Waals surface area (Å²) in [7, 11) is 1.95. The first kappa shape index (κ1) is 18.2. The van der Waals surface area contributed by atoms with Crippen LogP contribution in [0.15, 0.2) is 17.1 Å². The van der Waals surface area contributed by atoms with Crippen molar-refractivity contribution in [2.75, 3.05) is 12.4 Å². The lowest BCUT2D eigenvalue weighted by molar-refractivity contribution is -0.122. The van der Waals surface area contributed by atoms with Gasteiger partial charge in [0.05, 0.1) is 11.3 Å². The normalized spacial score (nSPS) is 20.4. The van der Waals surface area contributed by atoms with Gasteiger partial charge in [0.2, 0.25) is 0 Å². The number of Topliss-reactive ketones (excluding diaryl/α,β-unsaturated/α-hetero) is 1. The molecule has 0 amide bonds. The van der Waals surface area contributed by atoms with E-state index < -0.39 is 0 Å². The Bertz CT molecular complexity index is 680. The molecule has 1 heterocycles. The van der Waals surface area contributed by atoms with Crippen LogP contribution < -0.4 is 5.32 Å². The molecule has 1 aromatic rings. The number of aliphatic imine (C=N–C) groups is 1. The van der Waals surface area contributed by atoms with Gasteiger partial charge in [-0.3, -0.25) is 9.79 Å². The van der Waals surface area contributed by atoms with E-state index in [4.69, 9.17) is 4.99 Å². The van der Waals surface area contributed by atoms with Gasteiger partial charge in [0, 0.05) is 30.6 Å². The van der Waals surface area contributed by atoms with E-state index in [1.165, 1.54) is 42.4 Å². The van der Waals surface area contributed by atoms with E-state index in [0.29, 0.717) is 12.2 Å². The second-order valence-electron chi connectivity index (χ2n) is 8.45. The van der Waals surface area contributed by atoms with E-state index in [1.807, 2.05) is 7.05 Å². The van der Waals surface area contributed by atoms with Crippen LogP contribution in [-0.4, -0.2) is 24.1 Å². The van der Waals surface area contributed by atoms with E-state index >= 15 is 0 Å². The third kappa shape index (κ3) is 4.13. The van der Waals surface area contributed by atoms with Gasteiger partial charge < -0.3 is 5.32 Å². The fraction of sp³-hybridized carbons (Fsp3) is 0.636. The number of hydrogen-bond acceptors (Lipinski definition) is 3. The van der Waals surface area contributed by atoms with Crippen LogP contribution >= 0.6 is 0 Å². The van der Waals surface area contributed by atoms with Crippen molar-refractivity contribution in [1.82, 2.24) is 0 Å². The predicted octanol–water partition coefficient (Wildman–Crippen LogP) is 5.09. The third-order valence-corrected chi connectivity index (χ3v) is 5.74. The van der Waals surface area contributed by atoms with Gasteiger partial charge in [0.1, 0.15) is 5.78 Å². The maximum absolute atomic E-state index is 13.0. The molecule has 1 fully saturated rings. The number of benzene rings is 1. The number of anilines is 1. The van der Waals surface area contributed by atoms with Crippen molar-refractivity contribution in [2.24, 2.45) is 10.9 Å². The molecule has 0 bridgehead atoms. The molecule has 25 heavy (non-hydrogen) atoms. The van der Waals surface area contributed by atoms with Crippen LogP contribution in [0.3, 0.4) is 0 Å². The van der Waals surface area contributed by atoms with Gasteiger partial charge in [-0.25, -0.2) is 0 Å². The van der Waals surface area contributed by atoms with Crippen LogP contribution in [0.25, 0.3) is 0 Å². The van der Waals surface area contributed by atoms with E-state index in [9.17, 15) is 4.79 Å². The maximum atomic E-state index is 13.0. The van der Waals surface area contributed by atoms with Gasteiger partial charge in [0.15, 0.2) is 0 Å². The van der Waals surface area contributed by atoms with Crippen molar-refractivity contribution in [2.45, 2.75) is 77.7 Å². The highest BCUT2D eigenvalue weighted by Crippen LogP contribution is 2.33.